The molecule has 198 valence electrons. The van der Waals surface area contributed by atoms with Crippen LogP contribution in [0, 0.1) is 5.92 Å². The Kier molecular flexibility index (Phi) is 9.07. The Labute approximate surface area is 214 Å². The van der Waals surface area contributed by atoms with Gasteiger partial charge in [0.15, 0.2) is 0 Å². The molecule has 2 aliphatic heterocycles. The summed E-state index contributed by atoms with van der Waals surface area (Å²) >= 11 is 0. The van der Waals surface area contributed by atoms with Crippen LogP contribution in [0.15, 0.2) is 18.2 Å². The lowest BCUT2D eigenvalue weighted by Crippen LogP contribution is -2.58. The summed E-state index contributed by atoms with van der Waals surface area (Å²) in [5, 5.41) is 3.15. The molecule has 1 N–H and O–H groups in total. The van der Waals surface area contributed by atoms with E-state index in [0.717, 1.165) is 45.1 Å². The van der Waals surface area contributed by atoms with E-state index in [1.165, 1.54) is 0 Å². The minimum Gasteiger partial charge on any atom is -0.496 e. The fourth-order valence-corrected chi connectivity index (χ4v) is 5.90. The molecule has 0 radical (unpaired) electrons. The van der Waals surface area contributed by atoms with E-state index >= 15 is 0 Å². The third-order valence-corrected chi connectivity index (χ3v) is 7.83. The van der Waals surface area contributed by atoms with Gasteiger partial charge < -0.3 is 24.6 Å². The Hall–Kier alpha value is -2.81. The van der Waals surface area contributed by atoms with E-state index in [2.05, 4.69) is 10.2 Å². The lowest BCUT2D eigenvalue weighted by Gasteiger charge is -2.41. The van der Waals surface area contributed by atoms with E-state index in [4.69, 9.17) is 9.47 Å². The second-order valence-corrected chi connectivity index (χ2v) is 9.98. The molecule has 9 nitrogen and oxygen atoms in total. The van der Waals surface area contributed by atoms with Crippen LogP contribution in [0.3, 0.4) is 0 Å². The molecule has 1 aromatic carbocycles. The molecule has 1 unspecified atom stereocenters. The zero-order valence-electron chi connectivity index (χ0n) is 21.7. The number of nitrogens with one attached hydrogen (secondary N) is 1. The molecule has 36 heavy (non-hydrogen) atoms. The number of carbonyl (C=O) groups is 3. The molecule has 2 heterocycles. The number of rotatable bonds is 10. The van der Waals surface area contributed by atoms with Crippen molar-refractivity contribution in [3.05, 3.63) is 23.8 Å². The van der Waals surface area contributed by atoms with Crippen molar-refractivity contribution in [3.63, 3.8) is 0 Å². The van der Waals surface area contributed by atoms with Crippen LogP contribution in [0.25, 0.3) is 0 Å². The Balaban J connectivity index is 1.34. The first kappa shape index (κ1) is 26.3. The average Bonchev–Trinajstić information content (AvgIpc) is 3.58. The van der Waals surface area contributed by atoms with E-state index in [1.807, 2.05) is 9.80 Å². The fourth-order valence-electron chi connectivity index (χ4n) is 5.90. The van der Waals surface area contributed by atoms with Gasteiger partial charge in [-0.25, -0.2) is 0 Å². The van der Waals surface area contributed by atoms with Crippen LogP contribution in [0.2, 0.25) is 0 Å². The Morgan fingerprint density at radius 2 is 1.67 bits per heavy atom. The quantitative estimate of drug-likeness (QED) is 0.495. The first-order chi connectivity index (χ1) is 17.5. The third-order valence-electron chi connectivity index (χ3n) is 7.83. The highest BCUT2D eigenvalue weighted by Gasteiger charge is 2.38. The summed E-state index contributed by atoms with van der Waals surface area (Å²) in [4.78, 5) is 44.5. The topological polar surface area (TPSA) is 91.4 Å². The van der Waals surface area contributed by atoms with Crippen molar-refractivity contribution in [2.24, 2.45) is 5.92 Å². The molecule has 1 saturated carbocycles. The van der Waals surface area contributed by atoms with Gasteiger partial charge in [-0.3, -0.25) is 19.3 Å². The molecular weight excluding hydrogens is 460 g/mol. The molecule has 0 spiro atoms. The number of hydrogen-bond acceptors (Lipinski definition) is 6. The Morgan fingerprint density at radius 1 is 1.00 bits per heavy atom. The van der Waals surface area contributed by atoms with Crippen molar-refractivity contribution in [2.45, 2.75) is 51.0 Å². The number of piperazine rings is 1. The van der Waals surface area contributed by atoms with E-state index < -0.39 is 0 Å². The average molecular weight is 501 g/mol. The second-order valence-electron chi connectivity index (χ2n) is 9.98. The highest BCUT2D eigenvalue weighted by Crippen LogP contribution is 2.32. The molecule has 1 aliphatic carbocycles. The van der Waals surface area contributed by atoms with Crippen LogP contribution < -0.4 is 14.8 Å². The van der Waals surface area contributed by atoms with Crippen LogP contribution in [-0.2, 0) is 9.59 Å². The SMILES string of the molecule is COc1cccc(OC)c1C(=O)N1CCN(C(C(=O)NCCCN2CCCC2=O)C2CCCC2)CC1. The van der Waals surface area contributed by atoms with Crippen LogP contribution in [-0.4, -0.2) is 98.5 Å². The van der Waals surface area contributed by atoms with Gasteiger partial charge in [0.25, 0.3) is 5.91 Å². The summed E-state index contributed by atoms with van der Waals surface area (Å²) in [7, 11) is 3.11. The Morgan fingerprint density at radius 3 is 2.25 bits per heavy atom. The zero-order chi connectivity index (χ0) is 25.5. The number of methoxy groups -OCH3 is 2. The summed E-state index contributed by atoms with van der Waals surface area (Å²) < 4.78 is 10.9. The number of nitrogens with zero attached hydrogens (tertiary/aromatic N) is 3. The molecule has 2 saturated heterocycles. The maximum atomic E-state index is 13.4. The van der Waals surface area contributed by atoms with E-state index in [1.54, 1.807) is 32.4 Å². The van der Waals surface area contributed by atoms with Gasteiger partial charge in [-0.05, 0) is 43.7 Å². The fraction of sp³-hybridized carbons (Fsp3) is 0.667. The monoisotopic (exact) mass is 500 g/mol. The second kappa shape index (κ2) is 12.4. The first-order valence-electron chi connectivity index (χ1n) is 13.3. The summed E-state index contributed by atoms with van der Waals surface area (Å²) in [6.45, 7) is 4.53. The molecule has 0 aromatic heterocycles. The van der Waals surface area contributed by atoms with Crippen molar-refractivity contribution >= 4 is 17.7 Å². The summed E-state index contributed by atoms with van der Waals surface area (Å²) in [5.41, 5.74) is 0.442. The van der Waals surface area contributed by atoms with Gasteiger partial charge in [-0.15, -0.1) is 0 Å². The number of ether oxygens (including phenoxy) is 2. The van der Waals surface area contributed by atoms with Crippen LogP contribution in [0.5, 0.6) is 11.5 Å². The van der Waals surface area contributed by atoms with Crippen LogP contribution in [0.1, 0.15) is 55.3 Å². The number of hydrogen-bond donors (Lipinski definition) is 1. The van der Waals surface area contributed by atoms with Crippen LogP contribution in [0.4, 0.5) is 0 Å². The van der Waals surface area contributed by atoms with Crippen molar-refractivity contribution in [1.82, 2.24) is 20.0 Å². The van der Waals surface area contributed by atoms with E-state index in [-0.39, 0.29) is 23.8 Å². The predicted molar refractivity (Wildman–Crippen MR) is 136 cm³/mol. The maximum absolute atomic E-state index is 13.4. The van der Waals surface area contributed by atoms with Crippen molar-refractivity contribution in [1.29, 1.82) is 0 Å². The zero-order valence-corrected chi connectivity index (χ0v) is 21.7. The van der Waals surface area contributed by atoms with Crippen molar-refractivity contribution in [2.75, 3.05) is 60.0 Å². The molecule has 3 fully saturated rings. The van der Waals surface area contributed by atoms with Gasteiger partial charge in [0.2, 0.25) is 11.8 Å². The van der Waals surface area contributed by atoms with Crippen LogP contribution >= 0.6 is 0 Å². The van der Waals surface area contributed by atoms with Gasteiger partial charge >= 0.3 is 0 Å². The summed E-state index contributed by atoms with van der Waals surface area (Å²) in [6.07, 6.45) is 6.82. The molecule has 3 aliphatic rings. The molecule has 0 bridgehead atoms. The van der Waals surface area contributed by atoms with Gasteiger partial charge in [-0.2, -0.15) is 0 Å². The number of carbonyl (C=O) groups excluding carboxylic acids is 3. The van der Waals surface area contributed by atoms with E-state index in [0.29, 0.717) is 68.7 Å². The largest absolute Gasteiger partial charge is 0.496 e. The highest BCUT2D eigenvalue weighted by atomic mass is 16.5. The minimum absolute atomic E-state index is 0.0841. The lowest BCUT2D eigenvalue weighted by atomic mass is 9.95. The Bertz CT molecular complexity index is 902. The maximum Gasteiger partial charge on any atom is 0.261 e. The highest BCUT2D eigenvalue weighted by molar-refractivity contribution is 5.99. The number of likely N-dealkylation sites (tertiary alicyclic amines) is 1. The number of amides is 3. The van der Waals surface area contributed by atoms with Crippen molar-refractivity contribution in [3.8, 4) is 11.5 Å². The molecule has 3 amide bonds. The smallest absolute Gasteiger partial charge is 0.261 e. The van der Waals surface area contributed by atoms with Gasteiger partial charge in [0.1, 0.15) is 17.1 Å². The van der Waals surface area contributed by atoms with Crippen molar-refractivity contribution < 1.29 is 23.9 Å². The molecule has 1 atom stereocenters. The number of benzene rings is 1. The van der Waals surface area contributed by atoms with Gasteiger partial charge in [0, 0.05) is 52.2 Å². The summed E-state index contributed by atoms with van der Waals surface area (Å²) in [6, 6.07) is 5.18. The standard InChI is InChI=1S/C27H40N4O5/c1-35-21-10-5-11-22(36-2)24(21)27(34)31-18-16-30(17-19-31)25(20-8-3-4-9-20)26(33)28-13-7-15-29-14-6-12-23(29)32/h5,10-11,20,25H,3-4,6-9,12-19H2,1-2H3,(H,28,33). The molecule has 9 heteroatoms. The lowest BCUT2D eigenvalue weighted by molar-refractivity contribution is -0.129. The molecule has 1 aromatic rings. The minimum atomic E-state index is -0.168. The molecule has 4 rings (SSSR count). The first-order valence-corrected chi connectivity index (χ1v) is 13.3. The molecular formula is C27H40N4O5. The predicted octanol–water partition coefficient (Wildman–Crippen LogP) is 2.15. The van der Waals surface area contributed by atoms with Gasteiger partial charge in [0.05, 0.1) is 20.3 Å². The van der Waals surface area contributed by atoms with E-state index in [9.17, 15) is 14.4 Å². The normalized spacial score (nSPS) is 20.0. The van der Waals surface area contributed by atoms with Gasteiger partial charge in [-0.1, -0.05) is 18.9 Å². The summed E-state index contributed by atoms with van der Waals surface area (Å²) in [5.74, 6) is 1.55. The third kappa shape index (κ3) is 5.94.